The molecule has 1 heterocycles. The first kappa shape index (κ1) is 16.8. The predicted octanol–water partition coefficient (Wildman–Crippen LogP) is 2.84. The van der Waals surface area contributed by atoms with E-state index in [4.69, 9.17) is 15.2 Å². The number of nitrogens with two attached hydrogens (primary N) is 1. The van der Waals surface area contributed by atoms with Gasteiger partial charge in [0.25, 0.3) is 5.91 Å². The number of carbonyl (C=O) groups is 1. The number of nitrogens with zero attached hydrogens (tertiary/aromatic N) is 1. The summed E-state index contributed by atoms with van der Waals surface area (Å²) in [6, 6.07) is 5.69. The van der Waals surface area contributed by atoms with E-state index in [0.29, 0.717) is 12.2 Å². The molecular formula is C17H26N2O3. The number of methoxy groups -OCH3 is 1. The zero-order valence-electron chi connectivity index (χ0n) is 14.1. The Labute approximate surface area is 132 Å². The fourth-order valence-electron chi connectivity index (χ4n) is 2.55. The van der Waals surface area contributed by atoms with Crippen LogP contribution in [0.2, 0.25) is 0 Å². The lowest BCUT2D eigenvalue weighted by molar-refractivity contribution is -0.127. The smallest absolute Gasteiger partial charge is 0.270 e. The molecule has 0 saturated heterocycles. The van der Waals surface area contributed by atoms with Gasteiger partial charge in [0.1, 0.15) is 12.5 Å². The highest BCUT2D eigenvalue weighted by molar-refractivity contribution is 5.99. The van der Waals surface area contributed by atoms with Gasteiger partial charge in [-0.3, -0.25) is 9.69 Å². The third-order valence-corrected chi connectivity index (χ3v) is 4.01. The second kappa shape index (κ2) is 6.26. The minimum absolute atomic E-state index is 0.0637. The Balaban J connectivity index is 2.44. The van der Waals surface area contributed by atoms with Gasteiger partial charge in [-0.05, 0) is 29.5 Å². The van der Waals surface area contributed by atoms with Crippen LogP contribution in [0.3, 0.4) is 0 Å². The number of hydrogen-bond donors (Lipinski definition) is 1. The quantitative estimate of drug-likeness (QED) is 0.929. The third-order valence-electron chi connectivity index (χ3n) is 4.01. The van der Waals surface area contributed by atoms with Crippen LogP contribution < -0.4 is 15.4 Å². The van der Waals surface area contributed by atoms with Crippen LogP contribution in [0.1, 0.15) is 45.7 Å². The van der Waals surface area contributed by atoms with Gasteiger partial charge in [-0.25, -0.2) is 0 Å². The maximum atomic E-state index is 12.5. The van der Waals surface area contributed by atoms with Gasteiger partial charge in [-0.15, -0.1) is 0 Å². The highest BCUT2D eigenvalue weighted by Crippen LogP contribution is 2.39. The molecule has 2 atom stereocenters. The molecule has 0 aromatic heterocycles. The molecule has 0 aliphatic carbocycles. The molecule has 0 bridgehead atoms. The van der Waals surface area contributed by atoms with Crippen molar-refractivity contribution in [3.63, 3.8) is 0 Å². The van der Waals surface area contributed by atoms with Crippen LogP contribution in [0.15, 0.2) is 18.2 Å². The van der Waals surface area contributed by atoms with Crippen molar-refractivity contribution in [3.8, 4) is 5.75 Å². The summed E-state index contributed by atoms with van der Waals surface area (Å²) in [6.07, 6.45) is 0.173. The Hall–Kier alpha value is -1.59. The molecule has 0 saturated carbocycles. The Morgan fingerprint density at radius 2 is 2.09 bits per heavy atom. The van der Waals surface area contributed by atoms with E-state index < -0.39 is 6.10 Å². The molecule has 1 aliphatic rings. The minimum Gasteiger partial charge on any atom is -0.478 e. The van der Waals surface area contributed by atoms with E-state index in [2.05, 4.69) is 20.8 Å². The number of anilines is 1. The molecular weight excluding hydrogens is 280 g/mol. The first-order valence-electron chi connectivity index (χ1n) is 7.66. The van der Waals surface area contributed by atoms with Crippen LogP contribution in [0.25, 0.3) is 0 Å². The van der Waals surface area contributed by atoms with Crippen LogP contribution in [0.4, 0.5) is 5.69 Å². The van der Waals surface area contributed by atoms with Gasteiger partial charge in [-0.2, -0.15) is 0 Å². The average Bonchev–Trinajstić information content (AvgIpc) is 2.47. The van der Waals surface area contributed by atoms with E-state index in [1.54, 1.807) is 12.0 Å². The molecule has 1 aliphatic heterocycles. The fraction of sp³-hybridized carbons (Fsp3) is 0.588. The van der Waals surface area contributed by atoms with Crippen molar-refractivity contribution in [3.05, 3.63) is 23.8 Å². The molecule has 2 N–H and O–H groups in total. The van der Waals surface area contributed by atoms with Crippen molar-refractivity contribution in [2.75, 3.05) is 18.7 Å². The molecule has 5 nitrogen and oxygen atoms in total. The molecule has 5 heteroatoms. The number of carbonyl (C=O) groups excluding carboxylic acids is 1. The Morgan fingerprint density at radius 1 is 1.41 bits per heavy atom. The van der Waals surface area contributed by atoms with E-state index in [0.717, 1.165) is 11.3 Å². The standard InChI is InChI=1S/C17H26N2O3/c1-6-13-16(20)19(10-21-5)12-9-11(7-8-14(12)22-13)15(18)17(2,3)4/h7-9,13,15H,6,10,18H2,1-5H3. The SMILES string of the molecule is CCC1Oc2ccc(C(N)C(C)(C)C)cc2N(COC)C1=O. The highest BCUT2D eigenvalue weighted by Gasteiger charge is 2.34. The number of benzene rings is 1. The summed E-state index contributed by atoms with van der Waals surface area (Å²) in [5, 5.41) is 0. The molecule has 22 heavy (non-hydrogen) atoms. The average molecular weight is 306 g/mol. The van der Waals surface area contributed by atoms with Crippen molar-refractivity contribution < 1.29 is 14.3 Å². The zero-order chi connectivity index (χ0) is 16.5. The van der Waals surface area contributed by atoms with E-state index in [1.165, 1.54) is 0 Å². The summed E-state index contributed by atoms with van der Waals surface area (Å²) in [5.74, 6) is 0.631. The maximum absolute atomic E-state index is 12.5. The lowest BCUT2D eigenvalue weighted by atomic mass is 9.83. The van der Waals surface area contributed by atoms with Crippen LogP contribution in [0.5, 0.6) is 5.75 Å². The maximum Gasteiger partial charge on any atom is 0.270 e. The predicted molar refractivity (Wildman–Crippen MR) is 86.9 cm³/mol. The van der Waals surface area contributed by atoms with Gasteiger partial charge in [0.2, 0.25) is 0 Å². The van der Waals surface area contributed by atoms with Crippen LogP contribution >= 0.6 is 0 Å². The molecule has 0 radical (unpaired) electrons. The van der Waals surface area contributed by atoms with Gasteiger partial charge in [0.15, 0.2) is 6.10 Å². The summed E-state index contributed by atoms with van der Waals surface area (Å²) in [4.78, 5) is 14.1. The molecule has 2 unspecified atom stereocenters. The number of ether oxygens (including phenoxy) is 2. The summed E-state index contributed by atoms with van der Waals surface area (Å²) in [6.45, 7) is 8.43. The van der Waals surface area contributed by atoms with Gasteiger partial charge in [-0.1, -0.05) is 33.8 Å². The summed E-state index contributed by atoms with van der Waals surface area (Å²) in [5.41, 5.74) is 7.99. The second-order valence-corrected chi connectivity index (χ2v) is 6.77. The molecule has 2 rings (SSSR count). The molecule has 0 spiro atoms. The van der Waals surface area contributed by atoms with E-state index in [9.17, 15) is 4.79 Å². The highest BCUT2D eigenvalue weighted by atomic mass is 16.5. The van der Waals surface area contributed by atoms with E-state index in [-0.39, 0.29) is 24.1 Å². The van der Waals surface area contributed by atoms with Crippen LogP contribution in [-0.2, 0) is 9.53 Å². The Morgan fingerprint density at radius 3 is 2.64 bits per heavy atom. The molecule has 1 aromatic rings. The second-order valence-electron chi connectivity index (χ2n) is 6.77. The first-order chi connectivity index (χ1) is 10.3. The monoisotopic (exact) mass is 306 g/mol. The van der Waals surface area contributed by atoms with Crippen molar-refractivity contribution in [2.45, 2.75) is 46.3 Å². The lowest BCUT2D eigenvalue weighted by Gasteiger charge is -2.35. The lowest BCUT2D eigenvalue weighted by Crippen LogP contribution is -2.46. The van der Waals surface area contributed by atoms with Gasteiger partial charge >= 0.3 is 0 Å². The third kappa shape index (κ3) is 3.10. The van der Waals surface area contributed by atoms with E-state index in [1.807, 2.05) is 25.1 Å². The normalized spacial score (nSPS) is 19.6. The van der Waals surface area contributed by atoms with Crippen LogP contribution in [-0.4, -0.2) is 25.9 Å². The molecule has 1 aromatic carbocycles. The van der Waals surface area contributed by atoms with Crippen molar-refractivity contribution in [1.82, 2.24) is 0 Å². The Bertz CT molecular complexity index is 551. The number of rotatable bonds is 4. The van der Waals surface area contributed by atoms with Crippen molar-refractivity contribution >= 4 is 11.6 Å². The zero-order valence-corrected chi connectivity index (χ0v) is 14.1. The number of fused-ring (bicyclic) bond motifs is 1. The first-order valence-corrected chi connectivity index (χ1v) is 7.66. The topological polar surface area (TPSA) is 64.8 Å². The van der Waals surface area contributed by atoms with Crippen LogP contribution in [0, 0.1) is 5.41 Å². The number of hydrogen-bond acceptors (Lipinski definition) is 4. The van der Waals surface area contributed by atoms with E-state index >= 15 is 0 Å². The Kier molecular flexibility index (Phi) is 4.78. The number of amides is 1. The van der Waals surface area contributed by atoms with Gasteiger partial charge in [0, 0.05) is 13.2 Å². The van der Waals surface area contributed by atoms with Gasteiger partial charge < -0.3 is 15.2 Å². The largest absolute Gasteiger partial charge is 0.478 e. The summed E-state index contributed by atoms with van der Waals surface area (Å²) < 4.78 is 11.0. The van der Waals surface area contributed by atoms with Crippen molar-refractivity contribution in [2.24, 2.45) is 11.1 Å². The minimum atomic E-state index is -0.454. The fourth-order valence-corrected chi connectivity index (χ4v) is 2.55. The van der Waals surface area contributed by atoms with Crippen molar-refractivity contribution in [1.29, 1.82) is 0 Å². The molecule has 122 valence electrons. The molecule has 1 amide bonds. The van der Waals surface area contributed by atoms with Gasteiger partial charge in [0.05, 0.1) is 5.69 Å². The molecule has 0 fully saturated rings. The summed E-state index contributed by atoms with van der Waals surface area (Å²) >= 11 is 0. The summed E-state index contributed by atoms with van der Waals surface area (Å²) in [7, 11) is 1.58.